The minimum atomic E-state index is -0.403. The summed E-state index contributed by atoms with van der Waals surface area (Å²) < 4.78 is 0. The van der Waals surface area contributed by atoms with E-state index >= 15 is 0 Å². The highest BCUT2D eigenvalue weighted by atomic mass is 16.3. The molecule has 0 heterocycles. The average Bonchev–Trinajstić information content (AvgIpc) is 2.38. The van der Waals surface area contributed by atoms with Gasteiger partial charge >= 0.3 is 0 Å². The van der Waals surface area contributed by atoms with Gasteiger partial charge < -0.3 is 5.11 Å². The van der Waals surface area contributed by atoms with Gasteiger partial charge in [0.25, 0.3) is 0 Å². The summed E-state index contributed by atoms with van der Waals surface area (Å²) in [6.45, 7) is 6.60. The van der Waals surface area contributed by atoms with E-state index in [1.54, 1.807) is 0 Å². The maximum atomic E-state index is 10.4. The van der Waals surface area contributed by atoms with E-state index in [0.29, 0.717) is 0 Å². The lowest BCUT2D eigenvalue weighted by Gasteiger charge is -2.23. The molecule has 1 N–H and O–H groups in total. The molecule has 0 bridgehead atoms. The monoisotopic (exact) mass is 242 g/mol. The standard InChI is InChI=1S/C17H22O/c1-17(2,3)15-11-9-14(10-12-15)16(18)13-7-5-4-6-8-13/h4-7,9-13,16,18H,8H2,1-3H3/t13-,16-/m1/s1. The SMILES string of the molecule is CC(C)(C)c1ccc([C@H](O)[C@@H]2C=CC=CC2)cc1. The van der Waals surface area contributed by atoms with E-state index in [0.717, 1.165) is 12.0 Å². The van der Waals surface area contributed by atoms with E-state index < -0.39 is 6.10 Å². The fraction of sp³-hybridized carbons (Fsp3) is 0.412. The molecule has 2 atom stereocenters. The molecule has 0 aromatic heterocycles. The number of rotatable bonds is 2. The number of aliphatic hydroxyl groups excluding tert-OH is 1. The van der Waals surface area contributed by atoms with Crippen LogP contribution in [-0.4, -0.2) is 5.11 Å². The van der Waals surface area contributed by atoms with Crippen molar-refractivity contribution in [3.05, 3.63) is 59.7 Å². The van der Waals surface area contributed by atoms with Gasteiger partial charge in [-0.15, -0.1) is 0 Å². The normalized spacial score (nSPS) is 21.0. The van der Waals surface area contributed by atoms with E-state index in [2.05, 4.69) is 57.2 Å². The summed E-state index contributed by atoms with van der Waals surface area (Å²) in [4.78, 5) is 0. The molecule has 0 saturated heterocycles. The first-order valence-corrected chi connectivity index (χ1v) is 6.60. The summed E-state index contributed by atoms with van der Waals surface area (Å²) >= 11 is 0. The second kappa shape index (κ2) is 5.11. The lowest BCUT2D eigenvalue weighted by molar-refractivity contribution is 0.132. The van der Waals surface area contributed by atoms with Crippen LogP contribution >= 0.6 is 0 Å². The Bertz CT molecular complexity index is 445. The molecule has 0 saturated carbocycles. The zero-order valence-corrected chi connectivity index (χ0v) is 11.4. The van der Waals surface area contributed by atoms with Crippen molar-refractivity contribution in [3.63, 3.8) is 0 Å². The Labute approximate surface area is 110 Å². The van der Waals surface area contributed by atoms with Crippen LogP contribution in [-0.2, 0) is 5.41 Å². The van der Waals surface area contributed by atoms with Gasteiger partial charge in [0, 0.05) is 5.92 Å². The van der Waals surface area contributed by atoms with Crippen molar-refractivity contribution in [2.75, 3.05) is 0 Å². The van der Waals surface area contributed by atoms with Gasteiger partial charge in [-0.05, 0) is 23.0 Å². The third kappa shape index (κ3) is 2.91. The van der Waals surface area contributed by atoms with Crippen molar-refractivity contribution in [3.8, 4) is 0 Å². The number of aliphatic hydroxyl groups is 1. The summed E-state index contributed by atoms with van der Waals surface area (Å²) in [6, 6.07) is 8.36. The van der Waals surface area contributed by atoms with Crippen LogP contribution in [0.3, 0.4) is 0 Å². The third-order valence-electron chi connectivity index (χ3n) is 3.54. The van der Waals surface area contributed by atoms with Crippen LogP contribution in [0.25, 0.3) is 0 Å². The maximum absolute atomic E-state index is 10.4. The van der Waals surface area contributed by atoms with E-state index in [1.165, 1.54) is 5.56 Å². The number of benzene rings is 1. The summed E-state index contributed by atoms with van der Waals surface area (Å²) in [5.74, 6) is 0.204. The van der Waals surface area contributed by atoms with Crippen molar-refractivity contribution in [2.45, 2.75) is 38.7 Å². The molecule has 0 fully saturated rings. The number of hydrogen-bond acceptors (Lipinski definition) is 1. The van der Waals surface area contributed by atoms with Crippen LogP contribution in [0.4, 0.5) is 0 Å². The molecule has 0 spiro atoms. The van der Waals surface area contributed by atoms with E-state index in [1.807, 2.05) is 12.2 Å². The predicted molar refractivity (Wildman–Crippen MR) is 76.5 cm³/mol. The number of hydrogen-bond donors (Lipinski definition) is 1. The molecular weight excluding hydrogens is 220 g/mol. The quantitative estimate of drug-likeness (QED) is 0.826. The van der Waals surface area contributed by atoms with Gasteiger partial charge in [0.1, 0.15) is 0 Å². The van der Waals surface area contributed by atoms with Crippen LogP contribution < -0.4 is 0 Å². The predicted octanol–water partition coefficient (Wildman–Crippen LogP) is 4.15. The summed E-state index contributed by atoms with van der Waals surface area (Å²) in [7, 11) is 0. The molecule has 0 aliphatic heterocycles. The molecular formula is C17H22O. The Hall–Kier alpha value is -1.34. The second-order valence-electron chi connectivity index (χ2n) is 6.03. The van der Waals surface area contributed by atoms with Crippen LogP contribution in [0, 0.1) is 5.92 Å². The maximum Gasteiger partial charge on any atom is 0.0855 e. The Morgan fingerprint density at radius 3 is 2.28 bits per heavy atom. The highest BCUT2D eigenvalue weighted by Crippen LogP contribution is 2.30. The Kier molecular flexibility index (Phi) is 3.72. The van der Waals surface area contributed by atoms with E-state index in [-0.39, 0.29) is 11.3 Å². The lowest BCUT2D eigenvalue weighted by atomic mass is 9.85. The molecule has 1 heteroatoms. The molecule has 1 nitrogen and oxygen atoms in total. The molecule has 1 aromatic rings. The Morgan fingerprint density at radius 2 is 1.78 bits per heavy atom. The molecule has 18 heavy (non-hydrogen) atoms. The third-order valence-corrected chi connectivity index (χ3v) is 3.54. The first-order valence-electron chi connectivity index (χ1n) is 6.60. The van der Waals surface area contributed by atoms with Gasteiger partial charge in [0.15, 0.2) is 0 Å². The van der Waals surface area contributed by atoms with Gasteiger partial charge in [-0.25, -0.2) is 0 Å². The molecule has 1 aliphatic carbocycles. The fourth-order valence-electron chi connectivity index (χ4n) is 2.26. The highest BCUT2D eigenvalue weighted by molar-refractivity contribution is 5.30. The van der Waals surface area contributed by atoms with Crippen molar-refractivity contribution in [1.82, 2.24) is 0 Å². The smallest absolute Gasteiger partial charge is 0.0855 e. The van der Waals surface area contributed by atoms with Crippen LogP contribution in [0.5, 0.6) is 0 Å². The molecule has 2 rings (SSSR count). The molecule has 0 radical (unpaired) electrons. The van der Waals surface area contributed by atoms with E-state index in [4.69, 9.17) is 0 Å². The molecule has 0 amide bonds. The Balaban J connectivity index is 2.14. The molecule has 1 aromatic carbocycles. The molecule has 1 aliphatic rings. The first kappa shape index (κ1) is 13.1. The zero-order chi connectivity index (χ0) is 13.2. The van der Waals surface area contributed by atoms with Crippen LogP contribution in [0.15, 0.2) is 48.6 Å². The minimum Gasteiger partial charge on any atom is -0.388 e. The topological polar surface area (TPSA) is 20.2 Å². The number of allylic oxidation sites excluding steroid dienone is 3. The largest absolute Gasteiger partial charge is 0.388 e. The van der Waals surface area contributed by atoms with Gasteiger partial charge in [0.2, 0.25) is 0 Å². The molecule has 0 unspecified atom stereocenters. The van der Waals surface area contributed by atoms with Crippen LogP contribution in [0.1, 0.15) is 44.4 Å². The van der Waals surface area contributed by atoms with Crippen molar-refractivity contribution in [2.24, 2.45) is 5.92 Å². The van der Waals surface area contributed by atoms with Crippen molar-refractivity contribution < 1.29 is 5.11 Å². The lowest BCUT2D eigenvalue weighted by Crippen LogP contribution is -2.13. The minimum absolute atomic E-state index is 0.164. The van der Waals surface area contributed by atoms with Crippen LogP contribution in [0.2, 0.25) is 0 Å². The van der Waals surface area contributed by atoms with E-state index in [9.17, 15) is 5.11 Å². The van der Waals surface area contributed by atoms with Crippen molar-refractivity contribution >= 4 is 0 Å². The first-order chi connectivity index (χ1) is 8.48. The highest BCUT2D eigenvalue weighted by Gasteiger charge is 2.19. The summed E-state index contributed by atoms with van der Waals surface area (Å²) in [5.41, 5.74) is 2.47. The van der Waals surface area contributed by atoms with Gasteiger partial charge in [-0.2, -0.15) is 0 Å². The summed E-state index contributed by atoms with van der Waals surface area (Å²) in [6.07, 6.45) is 8.76. The Morgan fingerprint density at radius 1 is 1.11 bits per heavy atom. The second-order valence-corrected chi connectivity index (χ2v) is 6.03. The average molecular weight is 242 g/mol. The van der Waals surface area contributed by atoms with Gasteiger partial charge in [0.05, 0.1) is 6.10 Å². The zero-order valence-electron chi connectivity index (χ0n) is 11.4. The van der Waals surface area contributed by atoms with Crippen molar-refractivity contribution in [1.29, 1.82) is 0 Å². The van der Waals surface area contributed by atoms with Gasteiger partial charge in [-0.1, -0.05) is 69.3 Å². The fourth-order valence-corrected chi connectivity index (χ4v) is 2.26. The summed E-state index contributed by atoms with van der Waals surface area (Å²) in [5, 5.41) is 10.4. The molecule has 96 valence electrons. The van der Waals surface area contributed by atoms with Gasteiger partial charge in [-0.3, -0.25) is 0 Å².